The normalized spacial score (nSPS) is 25.3. The summed E-state index contributed by atoms with van der Waals surface area (Å²) in [7, 11) is 0. The highest BCUT2D eigenvalue weighted by Gasteiger charge is 2.28. The Morgan fingerprint density at radius 2 is 2.00 bits per heavy atom. The van der Waals surface area contributed by atoms with E-state index >= 15 is 0 Å². The van der Waals surface area contributed by atoms with Gasteiger partial charge >= 0.3 is 0 Å². The highest BCUT2D eigenvalue weighted by Crippen LogP contribution is 2.38. The number of para-hydroxylation sites is 1. The molecule has 0 aromatic heterocycles. The van der Waals surface area contributed by atoms with Crippen molar-refractivity contribution in [2.75, 3.05) is 6.61 Å². The van der Waals surface area contributed by atoms with Gasteiger partial charge in [-0.05, 0) is 56.1 Å². The predicted molar refractivity (Wildman–Crippen MR) is 78.7 cm³/mol. The molecule has 3 unspecified atom stereocenters. The van der Waals surface area contributed by atoms with Crippen LogP contribution in [0.2, 0.25) is 0 Å². The zero-order chi connectivity index (χ0) is 13.2. The quantitative estimate of drug-likeness (QED) is 0.870. The highest BCUT2D eigenvalue weighted by molar-refractivity contribution is 5.37. The van der Waals surface area contributed by atoms with Gasteiger partial charge in [0.15, 0.2) is 0 Å². The molecule has 104 valence electrons. The number of fused-ring (bicyclic) bond motifs is 1. The van der Waals surface area contributed by atoms with Crippen molar-refractivity contribution in [2.45, 2.75) is 57.5 Å². The molecule has 2 heteroatoms. The van der Waals surface area contributed by atoms with Gasteiger partial charge in [-0.25, -0.2) is 0 Å². The van der Waals surface area contributed by atoms with E-state index in [9.17, 15) is 0 Å². The van der Waals surface area contributed by atoms with Gasteiger partial charge in [-0.15, -0.1) is 0 Å². The second kappa shape index (κ2) is 5.54. The maximum Gasteiger partial charge on any atom is 0.122 e. The second-order valence-corrected chi connectivity index (χ2v) is 6.31. The van der Waals surface area contributed by atoms with Crippen molar-refractivity contribution in [1.82, 2.24) is 5.32 Å². The largest absolute Gasteiger partial charge is 0.493 e. The number of rotatable bonds is 5. The Morgan fingerprint density at radius 1 is 1.21 bits per heavy atom. The van der Waals surface area contributed by atoms with Crippen LogP contribution in [-0.2, 0) is 0 Å². The van der Waals surface area contributed by atoms with E-state index in [1.807, 2.05) is 0 Å². The van der Waals surface area contributed by atoms with Crippen molar-refractivity contribution in [3.63, 3.8) is 0 Å². The van der Waals surface area contributed by atoms with E-state index in [0.29, 0.717) is 12.0 Å². The fraction of sp³-hybridized carbons (Fsp3) is 0.647. The summed E-state index contributed by atoms with van der Waals surface area (Å²) >= 11 is 0. The molecule has 0 saturated heterocycles. The van der Waals surface area contributed by atoms with Crippen LogP contribution in [0.25, 0.3) is 0 Å². The summed E-state index contributed by atoms with van der Waals surface area (Å²) < 4.78 is 5.75. The average Bonchev–Trinajstić information content (AvgIpc) is 3.23. The minimum absolute atomic E-state index is 0.627. The van der Waals surface area contributed by atoms with Crippen LogP contribution in [0.4, 0.5) is 0 Å². The van der Waals surface area contributed by atoms with Gasteiger partial charge in [0.25, 0.3) is 0 Å². The Hall–Kier alpha value is -1.02. The van der Waals surface area contributed by atoms with E-state index in [1.54, 1.807) is 0 Å². The van der Waals surface area contributed by atoms with Crippen LogP contribution >= 0.6 is 0 Å². The van der Waals surface area contributed by atoms with Gasteiger partial charge < -0.3 is 10.1 Å². The van der Waals surface area contributed by atoms with Crippen molar-refractivity contribution in [3.8, 4) is 5.75 Å². The third kappa shape index (κ3) is 3.11. The number of hydrogen-bond donors (Lipinski definition) is 1. The first-order valence-corrected chi connectivity index (χ1v) is 7.72. The highest BCUT2D eigenvalue weighted by atomic mass is 16.5. The summed E-state index contributed by atoms with van der Waals surface area (Å²) in [6.45, 7) is 5.60. The van der Waals surface area contributed by atoms with E-state index in [1.165, 1.54) is 24.8 Å². The number of nitrogens with one attached hydrogen (secondary N) is 1. The molecular weight excluding hydrogens is 234 g/mol. The van der Waals surface area contributed by atoms with Gasteiger partial charge in [0, 0.05) is 12.1 Å². The van der Waals surface area contributed by atoms with Gasteiger partial charge in [0.05, 0.1) is 6.61 Å². The Labute approximate surface area is 116 Å². The smallest absolute Gasteiger partial charge is 0.122 e. The molecule has 1 heterocycles. The lowest BCUT2D eigenvalue weighted by Crippen LogP contribution is -2.34. The molecule has 2 nitrogen and oxygen atoms in total. The van der Waals surface area contributed by atoms with Crippen molar-refractivity contribution in [1.29, 1.82) is 0 Å². The molecule has 0 amide bonds. The van der Waals surface area contributed by atoms with Gasteiger partial charge in [-0.1, -0.05) is 25.1 Å². The molecule has 19 heavy (non-hydrogen) atoms. The zero-order valence-electron chi connectivity index (χ0n) is 12.1. The molecule has 1 fully saturated rings. The zero-order valence-corrected chi connectivity index (χ0v) is 12.1. The summed E-state index contributed by atoms with van der Waals surface area (Å²) in [5.74, 6) is 2.49. The molecule has 0 spiro atoms. The molecule has 1 aliphatic heterocycles. The maximum atomic E-state index is 5.75. The number of benzene rings is 1. The molecular formula is C17H25NO. The second-order valence-electron chi connectivity index (χ2n) is 6.31. The first-order valence-electron chi connectivity index (χ1n) is 7.72. The van der Waals surface area contributed by atoms with Crippen molar-refractivity contribution < 1.29 is 4.74 Å². The van der Waals surface area contributed by atoms with Crippen molar-refractivity contribution in [3.05, 3.63) is 29.8 Å². The Bertz CT molecular complexity index is 427. The van der Waals surface area contributed by atoms with E-state index in [-0.39, 0.29) is 0 Å². The van der Waals surface area contributed by atoms with E-state index < -0.39 is 0 Å². The molecule has 2 aliphatic rings. The Morgan fingerprint density at radius 3 is 2.79 bits per heavy atom. The summed E-state index contributed by atoms with van der Waals surface area (Å²) in [5, 5.41) is 3.74. The minimum Gasteiger partial charge on any atom is -0.493 e. The molecule has 3 atom stereocenters. The van der Waals surface area contributed by atoms with Gasteiger partial charge in [-0.3, -0.25) is 0 Å². The standard InChI is InChI=1S/C17H25NO/c1-12(13(2)18-15-7-8-15)11-14-9-10-19-17-6-4-3-5-16(14)17/h3-6,12-15,18H,7-11H2,1-2H3. The lowest BCUT2D eigenvalue weighted by Gasteiger charge is -2.30. The third-order valence-electron chi connectivity index (χ3n) is 4.67. The minimum atomic E-state index is 0.627. The molecule has 1 N–H and O–H groups in total. The molecule has 0 radical (unpaired) electrons. The molecule has 3 rings (SSSR count). The van der Waals surface area contributed by atoms with Crippen molar-refractivity contribution >= 4 is 0 Å². The van der Waals surface area contributed by atoms with E-state index in [2.05, 4.69) is 43.4 Å². The topological polar surface area (TPSA) is 21.3 Å². The Kier molecular flexibility index (Phi) is 3.79. The van der Waals surface area contributed by atoms with Gasteiger partial charge in [0.1, 0.15) is 5.75 Å². The first kappa shape index (κ1) is 13.0. The third-order valence-corrected chi connectivity index (χ3v) is 4.67. The molecule has 1 aliphatic carbocycles. The lowest BCUT2D eigenvalue weighted by atomic mass is 9.83. The molecule has 1 aromatic carbocycles. The lowest BCUT2D eigenvalue weighted by molar-refractivity contribution is 0.244. The number of hydrogen-bond acceptors (Lipinski definition) is 2. The van der Waals surface area contributed by atoms with E-state index in [0.717, 1.165) is 30.7 Å². The van der Waals surface area contributed by atoms with Crippen LogP contribution in [0, 0.1) is 5.92 Å². The first-order chi connectivity index (χ1) is 9.24. The average molecular weight is 259 g/mol. The SMILES string of the molecule is CC(CC1CCOc2ccccc21)C(C)NC1CC1. The van der Waals surface area contributed by atoms with Crippen LogP contribution in [0.15, 0.2) is 24.3 Å². The van der Waals surface area contributed by atoms with Crippen LogP contribution in [0.5, 0.6) is 5.75 Å². The number of ether oxygens (including phenoxy) is 1. The summed E-state index contributed by atoms with van der Waals surface area (Å²) in [5.41, 5.74) is 1.42. The van der Waals surface area contributed by atoms with Gasteiger partial charge in [0.2, 0.25) is 0 Å². The fourth-order valence-corrected chi connectivity index (χ4v) is 3.10. The molecule has 1 saturated carbocycles. The van der Waals surface area contributed by atoms with Crippen LogP contribution in [-0.4, -0.2) is 18.7 Å². The predicted octanol–water partition coefficient (Wildman–Crippen LogP) is 3.72. The summed E-state index contributed by atoms with van der Waals surface area (Å²) in [6.07, 6.45) is 5.17. The monoisotopic (exact) mass is 259 g/mol. The van der Waals surface area contributed by atoms with Gasteiger partial charge in [-0.2, -0.15) is 0 Å². The Balaban J connectivity index is 1.63. The molecule has 0 bridgehead atoms. The fourth-order valence-electron chi connectivity index (χ4n) is 3.10. The van der Waals surface area contributed by atoms with Crippen LogP contribution in [0.3, 0.4) is 0 Å². The van der Waals surface area contributed by atoms with Crippen LogP contribution in [0.1, 0.15) is 51.0 Å². The van der Waals surface area contributed by atoms with Crippen molar-refractivity contribution in [2.24, 2.45) is 5.92 Å². The summed E-state index contributed by atoms with van der Waals surface area (Å²) in [6, 6.07) is 9.99. The molecule has 1 aromatic rings. The summed E-state index contributed by atoms with van der Waals surface area (Å²) in [4.78, 5) is 0. The maximum absolute atomic E-state index is 5.75. The van der Waals surface area contributed by atoms with Crippen LogP contribution < -0.4 is 10.1 Å². The van der Waals surface area contributed by atoms with E-state index in [4.69, 9.17) is 4.74 Å².